The van der Waals surface area contributed by atoms with Gasteiger partial charge in [0, 0.05) is 35.8 Å². The van der Waals surface area contributed by atoms with E-state index >= 15 is 0 Å². The maximum atomic E-state index is 12.8. The van der Waals surface area contributed by atoms with Crippen molar-refractivity contribution in [2.45, 2.75) is 25.7 Å². The number of aromatic nitrogens is 4. The van der Waals surface area contributed by atoms with Gasteiger partial charge in [-0.05, 0) is 44.0 Å². The zero-order valence-electron chi connectivity index (χ0n) is 13.5. The van der Waals surface area contributed by atoms with Gasteiger partial charge in [0.05, 0.1) is 10.6 Å². The highest BCUT2D eigenvalue weighted by Gasteiger charge is 2.27. The predicted molar refractivity (Wildman–Crippen MR) is 93.1 cm³/mol. The molecule has 6 nitrogen and oxygen atoms in total. The Kier molecular flexibility index (Phi) is 3.93. The fourth-order valence-corrected chi connectivity index (χ4v) is 4.04. The van der Waals surface area contributed by atoms with E-state index in [0.29, 0.717) is 18.2 Å². The highest BCUT2D eigenvalue weighted by atomic mass is 32.1. The van der Waals surface area contributed by atoms with E-state index < -0.39 is 0 Å². The van der Waals surface area contributed by atoms with Crippen LogP contribution in [-0.4, -0.2) is 44.3 Å². The number of rotatable bonds is 3. The molecule has 0 aromatic carbocycles. The lowest BCUT2D eigenvalue weighted by atomic mass is 9.95. The van der Waals surface area contributed by atoms with Crippen LogP contribution in [-0.2, 0) is 0 Å². The molecule has 24 heavy (non-hydrogen) atoms. The fourth-order valence-electron chi connectivity index (χ4n) is 3.21. The summed E-state index contributed by atoms with van der Waals surface area (Å²) in [5.74, 6) is 0.318. The molecule has 3 aromatic rings. The first-order valence-corrected chi connectivity index (χ1v) is 8.93. The molecule has 0 aliphatic carbocycles. The zero-order chi connectivity index (χ0) is 16.5. The molecule has 124 valence electrons. The minimum Gasteiger partial charge on any atom is -0.337 e. The summed E-state index contributed by atoms with van der Waals surface area (Å²) >= 11 is 1.69. The van der Waals surface area contributed by atoms with Crippen molar-refractivity contribution in [3.63, 3.8) is 0 Å². The molecule has 1 aliphatic heterocycles. The number of carbonyl (C=O) groups is 1. The minimum absolute atomic E-state index is 0.00464. The first-order valence-electron chi connectivity index (χ1n) is 8.11. The Bertz CT molecular complexity index is 835. The lowest BCUT2D eigenvalue weighted by Gasteiger charge is -2.31. The molecule has 2 N–H and O–H groups in total. The lowest BCUT2D eigenvalue weighted by Crippen LogP contribution is -2.39. The number of hydrogen-bond donors (Lipinski definition) is 2. The number of aromatic amines is 2. The van der Waals surface area contributed by atoms with E-state index in [-0.39, 0.29) is 5.91 Å². The number of nitrogens with one attached hydrogen (secondary N) is 2. The average Bonchev–Trinajstić information content (AvgIpc) is 3.35. The molecule has 1 amide bonds. The standard InChI is InChI=1S/C17H19N5OS/c1-11-4-5-16(24-11)14-9-15(21-20-14)17(23)22-8-2-3-12(10-22)13-6-7-18-19-13/h4-7,9,12H,2-3,8,10H2,1H3,(H,18,19)(H,20,21). The Morgan fingerprint density at radius 3 is 3.00 bits per heavy atom. The normalized spacial score (nSPS) is 18.0. The van der Waals surface area contributed by atoms with Crippen molar-refractivity contribution in [2.24, 2.45) is 0 Å². The van der Waals surface area contributed by atoms with Crippen molar-refractivity contribution < 1.29 is 4.79 Å². The van der Waals surface area contributed by atoms with Gasteiger partial charge in [-0.2, -0.15) is 10.2 Å². The van der Waals surface area contributed by atoms with Crippen LogP contribution in [0.5, 0.6) is 0 Å². The van der Waals surface area contributed by atoms with E-state index in [0.717, 1.165) is 35.7 Å². The Labute approximate surface area is 143 Å². The van der Waals surface area contributed by atoms with Crippen LogP contribution in [0.2, 0.25) is 0 Å². The maximum absolute atomic E-state index is 12.8. The second kappa shape index (κ2) is 6.24. The van der Waals surface area contributed by atoms with Gasteiger partial charge in [0.25, 0.3) is 5.91 Å². The number of hydrogen-bond acceptors (Lipinski definition) is 4. The molecule has 1 aliphatic rings. The summed E-state index contributed by atoms with van der Waals surface area (Å²) in [4.78, 5) is 17.0. The first-order chi connectivity index (χ1) is 11.7. The molecule has 0 radical (unpaired) electrons. The smallest absolute Gasteiger partial charge is 0.274 e. The third-order valence-corrected chi connectivity index (χ3v) is 5.51. The van der Waals surface area contributed by atoms with Crippen LogP contribution < -0.4 is 0 Å². The number of piperidine rings is 1. The highest BCUT2D eigenvalue weighted by Crippen LogP contribution is 2.28. The molecule has 3 aromatic heterocycles. The molecule has 4 rings (SSSR count). The van der Waals surface area contributed by atoms with Crippen molar-refractivity contribution in [3.05, 3.63) is 46.7 Å². The summed E-state index contributed by atoms with van der Waals surface area (Å²) in [6, 6.07) is 7.97. The number of nitrogens with zero attached hydrogens (tertiary/aromatic N) is 3. The van der Waals surface area contributed by atoms with Gasteiger partial charge >= 0.3 is 0 Å². The Hall–Kier alpha value is -2.41. The van der Waals surface area contributed by atoms with Crippen LogP contribution in [0.25, 0.3) is 10.6 Å². The van der Waals surface area contributed by atoms with E-state index in [1.807, 2.05) is 17.0 Å². The molecule has 0 saturated carbocycles. The molecule has 1 unspecified atom stereocenters. The third-order valence-electron chi connectivity index (χ3n) is 4.47. The van der Waals surface area contributed by atoms with Gasteiger partial charge in [-0.3, -0.25) is 15.0 Å². The minimum atomic E-state index is -0.00464. The summed E-state index contributed by atoms with van der Waals surface area (Å²) in [6.07, 6.45) is 3.84. The van der Waals surface area contributed by atoms with Gasteiger partial charge in [-0.1, -0.05) is 0 Å². The van der Waals surface area contributed by atoms with Gasteiger partial charge in [0.1, 0.15) is 0 Å². The number of aryl methyl sites for hydroxylation is 1. The second-order valence-corrected chi connectivity index (χ2v) is 7.47. The monoisotopic (exact) mass is 341 g/mol. The van der Waals surface area contributed by atoms with Crippen molar-refractivity contribution >= 4 is 17.2 Å². The molecule has 1 atom stereocenters. The molecular formula is C17H19N5OS. The molecule has 0 bridgehead atoms. The quantitative estimate of drug-likeness (QED) is 0.768. The Balaban J connectivity index is 1.50. The largest absolute Gasteiger partial charge is 0.337 e. The van der Waals surface area contributed by atoms with Crippen LogP contribution in [0, 0.1) is 6.92 Å². The summed E-state index contributed by atoms with van der Waals surface area (Å²) in [5, 5.41) is 14.3. The number of thiophene rings is 1. The fraction of sp³-hybridized carbons (Fsp3) is 0.353. The highest BCUT2D eigenvalue weighted by molar-refractivity contribution is 7.15. The summed E-state index contributed by atoms with van der Waals surface area (Å²) in [6.45, 7) is 3.56. The summed E-state index contributed by atoms with van der Waals surface area (Å²) < 4.78 is 0. The van der Waals surface area contributed by atoms with Gasteiger partial charge in [-0.25, -0.2) is 0 Å². The molecule has 7 heteroatoms. The molecule has 4 heterocycles. The van der Waals surface area contributed by atoms with E-state index in [1.54, 1.807) is 17.5 Å². The van der Waals surface area contributed by atoms with Crippen LogP contribution in [0.3, 0.4) is 0 Å². The molecular weight excluding hydrogens is 322 g/mol. The van der Waals surface area contributed by atoms with E-state index in [9.17, 15) is 4.79 Å². The van der Waals surface area contributed by atoms with Crippen LogP contribution in [0.15, 0.2) is 30.5 Å². The number of likely N-dealkylation sites (tertiary alicyclic amines) is 1. The number of H-pyrrole nitrogens is 2. The van der Waals surface area contributed by atoms with Crippen molar-refractivity contribution in [1.29, 1.82) is 0 Å². The Morgan fingerprint density at radius 1 is 1.33 bits per heavy atom. The van der Waals surface area contributed by atoms with Gasteiger partial charge < -0.3 is 4.90 Å². The molecule has 1 fully saturated rings. The second-order valence-electron chi connectivity index (χ2n) is 6.18. The molecule has 0 spiro atoms. The third kappa shape index (κ3) is 2.87. The molecule has 1 saturated heterocycles. The van der Waals surface area contributed by atoms with Gasteiger partial charge in [0.2, 0.25) is 0 Å². The topological polar surface area (TPSA) is 77.7 Å². The van der Waals surface area contributed by atoms with Crippen molar-refractivity contribution in [2.75, 3.05) is 13.1 Å². The van der Waals surface area contributed by atoms with Gasteiger partial charge in [-0.15, -0.1) is 11.3 Å². The van der Waals surface area contributed by atoms with Crippen LogP contribution in [0.4, 0.5) is 0 Å². The Morgan fingerprint density at radius 2 is 2.25 bits per heavy atom. The lowest BCUT2D eigenvalue weighted by molar-refractivity contribution is 0.0700. The number of amides is 1. The zero-order valence-corrected chi connectivity index (χ0v) is 14.3. The SMILES string of the molecule is Cc1ccc(-c2cc(C(=O)N3CCCC(c4ccn[nH]4)C3)n[nH]2)s1. The number of carbonyl (C=O) groups excluding carboxylic acids is 1. The van der Waals surface area contributed by atoms with Crippen LogP contribution in [0.1, 0.15) is 39.8 Å². The first kappa shape index (κ1) is 15.1. The average molecular weight is 341 g/mol. The van der Waals surface area contributed by atoms with Crippen molar-refractivity contribution in [3.8, 4) is 10.6 Å². The van der Waals surface area contributed by atoms with E-state index in [1.165, 1.54) is 4.88 Å². The van der Waals surface area contributed by atoms with Gasteiger partial charge in [0.15, 0.2) is 5.69 Å². The summed E-state index contributed by atoms with van der Waals surface area (Å²) in [5.41, 5.74) is 2.49. The van der Waals surface area contributed by atoms with Crippen LogP contribution >= 0.6 is 11.3 Å². The van der Waals surface area contributed by atoms with E-state index in [4.69, 9.17) is 0 Å². The summed E-state index contributed by atoms with van der Waals surface area (Å²) in [7, 11) is 0. The van der Waals surface area contributed by atoms with Crippen molar-refractivity contribution in [1.82, 2.24) is 25.3 Å². The van der Waals surface area contributed by atoms with E-state index in [2.05, 4.69) is 39.5 Å². The predicted octanol–water partition coefficient (Wildman–Crippen LogP) is 3.19. The maximum Gasteiger partial charge on any atom is 0.274 e.